The molecular formula is C16H17N5O3. The highest BCUT2D eigenvalue weighted by Gasteiger charge is 2.27. The molecule has 0 radical (unpaired) electrons. The van der Waals surface area contributed by atoms with Crippen LogP contribution in [0.2, 0.25) is 0 Å². The van der Waals surface area contributed by atoms with Gasteiger partial charge in [0.1, 0.15) is 6.04 Å². The Morgan fingerprint density at radius 1 is 1.46 bits per heavy atom. The maximum absolute atomic E-state index is 12.2. The fourth-order valence-corrected chi connectivity index (χ4v) is 2.46. The van der Waals surface area contributed by atoms with E-state index in [9.17, 15) is 9.59 Å². The molecule has 2 aromatic rings. The van der Waals surface area contributed by atoms with Crippen molar-refractivity contribution in [3.8, 4) is 0 Å². The van der Waals surface area contributed by atoms with Crippen molar-refractivity contribution in [2.24, 2.45) is 0 Å². The van der Waals surface area contributed by atoms with Crippen LogP contribution in [0.5, 0.6) is 0 Å². The van der Waals surface area contributed by atoms with E-state index in [1.165, 1.54) is 6.20 Å². The molecule has 0 aliphatic carbocycles. The van der Waals surface area contributed by atoms with Crippen molar-refractivity contribution in [3.63, 3.8) is 0 Å². The van der Waals surface area contributed by atoms with Crippen LogP contribution >= 0.6 is 0 Å². The molecule has 1 aliphatic rings. The molecule has 0 bridgehead atoms. The van der Waals surface area contributed by atoms with Crippen molar-refractivity contribution < 1.29 is 14.3 Å². The topological polar surface area (TPSA) is 106 Å². The van der Waals surface area contributed by atoms with Gasteiger partial charge in [0.05, 0.1) is 17.9 Å². The van der Waals surface area contributed by atoms with Crippen LogP contribution in [0.25, 0.3) is 0 Å². The third kappa shape index (κ3) is 3.17. The van der Waals surface area contributed by atoms with Crippen LogP contribution in [0.4, 0.5) is 11.6 Å². The number of carbonyl (C=O) groups excluding carboxylic acids is 2. The minimum absolute atomic E-state index is 0.163. The largest absolute Gasteiger partial charge is 0.462 e. The van der Waals surface area contributed by atoms with Crippen molar-refractivity contribution in [2.75, 3.05) is 17.2 Å². The summed E-state index contributed by atoms with van der Waals surface area (Å²) < 4.78 is 4.94. The number of ether oxygens (including phenoxy) is 1. The molecule has 1 unspecified atom stereocenters. The Morgan fingerprint density at radius 3 is 3.04 bits per heavy atom. The summed E-state index contributed by atoms with van der Waals surface area (Å²) >= 11 is 0. The number of nitrogens with zero attached hydrogens (tertiary/aromatic N) is 3. The first kappa shape index (κ1) is 15.9. The molecule has 0 saturated carbocycles. The van der Waals surface area contributed by atoms with E-state index in [1.54, 1.807) is 32.3 Å². The van der Waals surface area contributed by atoms with Gasteiger partial charge >= 0.3 is 5.97 Å². The average Bonchev–Trinajstić information content (AvgIpc) is 2.56. The number of nitrogens with one attached hydrogen (secondary N) is 2. The molecule has 3 heterocycles. The smallest absolute Gasteiger partial charge is 0.341 e. The quantitative estimate of drug-likeness (QED) is 0.816. The normalized spacial score (nSPS) is 16.1. The Kier molecular flexibility index (Phi) is 4.37. The molecule has 0 spiro atoms. The van der Waals surface area contributed by atoms with Gasteiger partial charge in [-0.1, -0.05) is 0 Å². The van der Waals surface area contributed by atoms with E-state index < -0.39 is 12.0 Å². The Balaban J connectivity index is 1.76. The minimum Gasteiger partial charge on any atom is -0.462 e. The number of hydrogen-bond acceptors (Lipinski definition) is 7. The maximum Gasteiger partial charge on any atom is 0.341 e. The molecule has 1 aliphatic heterocycles. The molecule has 1 atom stereocenters. The van der Waals surface area contributed by atoms with E-state index in [0.29, 0.717) is 17.7 Å². The molecule has 24 heavy (non-hydrogen) atoms. The molecule has 0 saturated heterocycles. The van der Waals surface area contributed by atoms with E-state index in [-0.39, 0.29) is 18.5 Å². The highest BCUT2D eigenvalue weighted by atomic mass is 16.5. The van der Waals surface area contributed by atoms with Crippen molar-refractivity contribution in [1.82, 2.24) is 15.0 Å². The van der Waals surface area contributed by atoms with Crippen LogP contribution in [-0.4, -0.2) is 39.5 Å². The number of rotatable bonds is 4. The molecule has 8 heteroatoms. The highest BCUT2D eigenvalue weighted by Crippen LogP contribution is 2.22. The second-order valence-corrected chi connectivity index (χ2v) is 5.34. The van der Waals surface area contributed by atoms with Gasteiger partial charge in [0.25, 0.3) is 0 Å². The van der Waals surface area contributed by atoms with Crippen LogP contribution in [0.3, 0.4) is 0 Å². The lowest BCUT2D eigenvalue weighted by Crippen LogP contribution is -2.40. The number of pyridine rings is 1. The third-order valence-electron chi connectivity index (χ3n) is 3.68. The van der Waals surface area contributed by atoms with Crippen LogP contribution in [0.15, 0.2) is 24.7 Å². The SMILES string of the molecule is CCOC(=O)c1cnc(NC2Cc3cnccc3NC2=O)nc1C. The molecular weight excluding hydrogens is 310 g/mol. The lowest BCUT2D eigenvalue weighted by molar-refractivity contribution is -0.117. The Hall–Kier alpha value is -3.03. The van der Waals surface area contributed by atoms with Crippen LogP contribution < -0.4 is 10.6 Å². The van der Waals surface area contributed by atoms with Crippen molar-refractivity contribution in [3.05, 3.63) is 41.5 Å². The van der Waals surface area contributed by atoms with Crippen LogP contribution in [0.1, 0.15) is 28.5 Å². The van der Waals surface area contributed by atoms with Crippen molar-refractivity contribution in [2.45, 2.75) is 26.3 Å². The third-order valence-corrected chi connectivity index (χ3v) is 3.68. The second kappa shape index (κ2) is 6.61. The molecule has 2 N–H and O–H groups in total. The number of fused-ring (bicyclic) bond motifs is 1. The summed E-state index contributed by atoms with van der Waals surface area (Å²) in [6, 6.07) is 1.26. The number of esters is 1. The number of amides is 1. The van der Waals surface area contributed by atoms with E-state index >= 15 is 0 Å². The molecule has 2 aromatic heterocycles. The highest BCUT2D eigenvalue weighted by molar-refractivity contribution is 5.99. The van der Waals surface area contributed by atoms with E-state index in [4.69, 9.17) is 4.74 Å². The first-order chi connectivity index (χ1) is 11.6. The van der Waals surface area contributed by atoms with E-state index in [0.717, 1.165) is 11.3 Å². The van der Waals surface area contributed by atoms with Gasteiger partial charge in [-0.15, -0.1) is 0 Å². The molecule has 3 rings (SSSR count). The second-order valence-electron chi connectivity index (χ2n) is 5.34. The number of aryl methyl sites for hydroxylation is 1. The number of aromatic nitrogens is 3. The first-order valence-corrected chi connectivity index (χ1v) is 7.59. The van der Waals surface area contributed by atoms with Gasteiger partial charge in [-0.2, -0.15) is 0 Å². The Labute approximate surface area is 138 Å². The maximum atomic E-state index is 12.2. The predicted molar refractivity (Wildman–Crippen MR) is 86.7 cm³/mol. The predicted octanol–water partition coefficient (Wildman–Crippen LogP) is 1.33. The zero-order chi connectivity index (χ0) is 17.1. The number of anilines is 2. The summed E-state index contributed by atoms with van der Waals surface area (Å²) in [6.45, 7) is 3.71. The van der Waals surface area contributed by atoms with Gasteiger partial charge < -0.3 is 15.4 Å². The number of hydrogen-bond donors (Lipinski definition) is 2. The van der Waals surface area contributed by atoms with Crippen LogP contribution in [-0.2, 0) is 16.0 Å². The van der Waals surface area contributed by atoms with E-state index in [2.05, 4.69) is 25.6 Å². The standard InChI is InChI=1S/C16H17N5O3/c1-3-24-15(23)11-8-18-16(19-9(11)2)21-13-6-10-7-17-5-4-12(10)20-14(13)22/h4-5,7-8,13H,3,6H2,1-2H3,(H,20,22)(H,18,19,21). The summed E-state index contributed by atoms with van der Waals surface area (Å²) in [5, 5.41) is 5.82. The molecule has 0 fully saturated rings. The summed E-state index contributed by atoms with van der Waals surface area (Å²) in [4.78, 5) is 36.4. The Bertz CT molecular complexity index is 793. The van der Waals surface area contributed by atoms with Gasteiger partial charge in [-0.05, 0) is 25.5 Å². The zero-order valence-electron chi connectivity index (χ0n) is 13.4. The fraction of sp³-hybridized carbons (Fsp3) is 0.312. The monoisotopic (exact) mass is 327 g/mol. The summed E-state index contributed by atoms with van der Waals surface area (Å²) in [6.07, 6.45) is 5.24. The average molecular weight is 327 g/mol. The zero-order valence-corrected chi connectivity index (χ0v) is 13.4. The molecule has 1 amide bonds. The van der Waals surface area contributed by atoms with Gasteiger partial charge in [0.2, 0.25) is 11.9 Å². The lowest BCUT2D eigenvalue weighted by Gasteiger charge is -2.25. The van der Waals surface area contributed by atoms with E-state index in [1.807, 2.05) is 0 Å². The molecule has 0 aromatic carbocycles. The Morgan fingerprint density at radius 2 is 2.29 bits per heavy atom. The first-order valence-electron chi connectivity index (χ1n) is 7.59. The fourth-order valence-electron chi connectivity index (χ4n) is 2.46. The van der Waals surface area contributed by atoms with Crippen LogP contribution in [0, 0.1) is 6.92 Å². The minimum atomic E-state index is -0.505. The number of carbonyl (C=O) groups is 2. The molecule has 124 valence electrons. The van der Waals surface area contributed by atoms with Gasteiger partial charge in [-0.3, -0.25) is 9.78 Å². The van der Waals surface area contributed by atoms with Gasteiger partial charge in [-0.25, -0.2) is 14.8 Å². The van der Waals surface area contributed by atoms with Crippen molar-refractivity contribution in [1.29, 1.82) is 0 Å². The molecule has 8 nitrogen and oxygen atoms in total. The summed E-state index contributed by atoms with van der Waals surface area (Å²) in [5.74, 6) is -0.338. The van der Waals surface area contributed by atoms with Gasteiger partial charge in [0, 0.05) is 30.7 Å². The lowest BCUT2D eigenvalue weighted by atomic mass is 10.0. The van der Waals surface area contributed by atoms with Gasteiger partial charge in [0.15, 0.2) is 0 Å². The summed E-state index contributed by atoms with van der Waals surface area (Å²) in [7, 11) is 0. The van der Waals surface area contributed by atoms with Crippen molar-refractivity contribution >= 4 is 23.5 Å². The summed E-state index contributed by atoms with van der Waals surface area (Å²) in [5.41, 5.74) is 2.51.